The van der Waals surface area contributed by atoms with Crippen LogP contribution in [0, 0.1) is 17.0 Å². The van der Waals surface area contributed by atoms with Crippen molar-refractivity contribution in [3.8, 4) is 11.5 Å². The summed E-state index contributed by atoms with van der Waals surface area (Å²) in [6, 6.07) is 8.83. The molecule has 0 aliphatic carbocycles. The molecule has 0 bridgehead atoms. The largest absolute Gasteiger partial charge is 0.454 e. The first-order valence-corrected chi connectivity index (χ1v) is 7.29. The number of benzene rings is 1. The average molecular weight is 343 g/mol. The van der Waals surface area contributed by atoms with Crippen LogP contribution in [0.3, 0.4) is 0 Å². The molecule has 3 aromatic rings. The van der Waals surface area contributed by atoms with E-state index in [2.05, 4.69) is 10.2 Å². The number of carbonyl (C=O) groups is 1. The maximum Gasteiger partial charge on any atom is 0.375 e. The summed E-state index contributed by atoms with van der Waals surface area (Å²) in [7, 11) is 0. The first-order chi connectivity index (χ1) is 11.9. The van der Waals surface area contributed by atoms with Crippen LogP contribution in [0.5, 0.6) is 0 Å². The van der Waals surface area contributed by atoms with Gasteiger partial charge in [-0.15, -0.1) is 10.2 Å². The highest BCUT2D eigenvalue weighted by Gasteiger charge is 2.21. The smallest absolute Gasteiger partial charge is 0.375 e. The summed E-state index contributed by atoms with van der Waals surface area (Å²) >= 11 is 0. The second kappa shape index (κ2) is 6.56. The van der Waals surface area contributed by atoms with Crippen molar-refractivity contribution in [1.82, 2.24) is 10.2 Å². The van der Waals surface area contributed by atoms with Crippen molar-refractivity contribution in [2.45, 2.75) is 20.0 Å². The molecule has 2 aromatic heterocycles. The molecule has 9 heteroatoms. The van der Waals surface area contributed by atoms with E-state index in [-0.39, 0.29) is 23.2 Å². The molecule has 0 radical (unpaired) electrons. The minimum Gasteiger partial charge on any atom is -0.454 e. The van der Waals surface area contributed by atoms with Crippen molar-refractivity contribution in [2.75, 3.05) is 0 Å². The Morgan fingerprint density at radius 1 is 1.16 bits per heavy atom. The number of furan rings is 1. The lowest BCUT2D eigenvalue weighted by molar-refractivity contribution is -0.384. The number of aromatic nitrogens is 2. The summed E-state index contributed by atoms with van der Waals surface area (Å²) < 4.78 is 15.9. The molecule has 25 heavy (non-hydrogen) atoms. The molecule has 0 N–H and O–H groups in total. The molecule has 1 unspecified atom stereocenters. The summed E-state index contributed by atoms with van der Waals surface area (Å²) in [5.41, 5.74) is 0.476. The van der Waals surface area contributed by atoms with Gasteiger partial charge in [0.1, 0.15) is 5.76 Å². The fourth-order valence-corrected chi connectivity index (χ4v) is 2.05. The van der Waals surface area contributed by atoms with Crippen molar-refractivity contribution in [3.63, 3.8) is 0 Å². The highest BCUT2D eigenvalue weighted by Crippen LogP contribution is 2.25. The SMILES string of the molecule is Cc1ccc(C(=O)OC(C)c2nnc(-c3ccc([N+](=O)[O-])cc3)o2)o1. The van der Waals surface area contributed by atoms with Crippen molar-refractivity contribution in [1.29, 1.82) is 0 Å². The third kappa shape index (κ3) is 3.55. The van der Waals surface area contributed by atoms with Gasteiger partial charge in [-0.2, -0.15) is 0 Å². The number of nitro benzene ring substituents is 1. The predicted octanol–water partition coefficient (Wildman–Crippen LogP) is 3.46. The van der Waals surface area contributed by atoms with E-state index in [1.54, 1.807) is 19.9 Å². The molecule has 0 aliphatic heterocycles. The van der Waals surface area contributed by atoms with Gasteiger partial charge in [-0.3, -0.25) is 10.1 Å². The molecule has 128 valence electrons. The van der Waals surface area contributed by atoms with E-state index in [1.165, 1.54) is 30.3 Å². The molecule has 0 fully saturated rings. The Bertz CT molecular complexity index is 912. The summed E-state index contributed by atoms with van der Waals surface area (Å²) in [5, 5.41) is 18.4. The molecule has 2 heterocycles. The maximum absolute atomic E-state index is 12.0. The van der Waals surface area contributed by atoms with Gasteiger partial charge in [-0.25, -0.2) is 4.79 Å². The molecule has 0 saturated carbocycles. The van der Waals surface area contributed by atoms with Gasteiger partial charge in [0.2, 0.25) is 11.7 Å². The Kier molecular flexibility index (Phi) is 4.29. The number of aryl methyl sites for hydroxylation is 1. The molecule has 1 atom stereocenters. The monoisotopic (exact) mass is 343 g/mol. The highest BCUT2D eigenvalue weighted by atomic mass is 16.6. The minimum absolute atomic E-state index is 0.0421. The van der Waals surface area contributed by atoms with Crippen LogP contribution < -0.4 is 0 Å². The number of ether oxygens (including phenoxy) is 1. The number of nitro groups is 1. The fraction of sp³-hybridized carbons (Fsp3) is 0.188. The van der Waals surface area contributed by atoms with Gasteiger partial charge in [0.05, 0.1) is 4.92 Å². The summed E-state index contributed by atoms with van der Waals surface area (Å²) in [6.45, 7) is 3.30. The standard InChI is InChI=1S/C16H13N3O6/c1-9-3-8-13(23-9)16(20)24-10(2)14-17-18-15(25-14)11-4-6-12(7-5-11)19(21)22/h3-8,10H,1-2H3. The number of rotatable bonds is 5. The molecule has 0 saturated heterocycles. The quantitative estimate of drug-likeness (QED) is 0.392. The fourth-order valence-electron chi connectivity index (χ4n) is 2.05. The zero-order valence-electron chi connectivity index (χ0n) is 13.3. The maximum atomic E-state index is 12.0. The van der Waals surface area contributed by atoms with Gasteiger partial charge in [-0.1, -0.05) is 0 Å². The molecular formula is C16H13N3O6. The Morgan fingerprint density at radius 2 is 1.88 bits per heavy atom. The van der Waals surface area contributed by atoms with Gasteiger partial charge < -0.3 is 13.6 Å². The van der Waals surface area contributed by atoms with Gasteiger partial charge in [-0.05, 0) is 38.1 Å². The van der Waals surface area contributed by atoms with E-state index in [4.69, 9.17) is 13.6 Å². The lowest BCUT2D eigenvalue weighted by atomic mass is 10.2. The zero-order valence-corrected chi connectivity index (χ0v) is 13.3. The van der Waals surface area contributed by atoms with Crippen LogP contribution >= 0.6 is 0 Å². The second-order valence-electron chi connectivity index (χ2n) is 5.21. The van der Waals surface area contributed by atoms with Gasteiger partial charge >= 0.3 is 5.97 Å². The molecule has 1 aromatic carbocycles. The molecule has 0 spiro atoms. The molecule has 0 amide bonds. The van der Waals surface area contributed by atoms with Crippen LogP contribution in [-0.4, -0.2) is 21.1 Å². The van der Waals surface area contributed by atoms with E-state index in [0.717, 1.165) is 0 Å². The van der Waals surface area contributed by atoms with Crippen LogP contribution in [0.2, 0.25) is 0 Å². The lowest BCUT2D eigenvalue weighted by Gasteiger charge is -2.07. The van der Waals surface area contributed by atoms with Crippen LogP contribution in [-0.2, 0) is 4.74 Å². The lowest BCUT2D eigenvalue weighted by Crippen LogP contribution is -2.08. The highest BCUT2D eigenvalue weighted by molar-refractivity contribution is 5.86. The number of hydrogen-bond acceptors (Lipinski definition) is 8. The summed E-state index contributed by atoms with van der Waals surface area (Å²) in [6.07, 6.45) is -0.780. The third-order valence-electron chi connectivity index (χ3n) is 3.34. The first kappa shape index (κ1) is 16.4. The molecule has 0 aliphatic rings. The Morgan fingerprint density at radius 3 is 2.48 bits per heavy atom. The van der Waals surface area contributed by atoms with Crippen LogP contribution in [0.1, 0.15) is 35.2 Å². The summed E-state index contributed by atoms with van der Waals surface area (Å²) in [5.74, 6) is 0.305. The number of hydrogen-bond donors (Lipinski definition) is 0. The van der Waals surface area contributed by atoms with Crippen molar-refractivity contribution < 1.29 is 23.3 Å². The van der Waals surface area contributed by atoms with Gasteiger partial charge in [0.25, 0.3) is 11.6 Å². The zero-order chi connectivity index (χ0) is 18.0. The van der Waals surface area contributed by atoms with Gasteiger partial charge in [0, 0.05) is 17.7 Å². The van der Waals surface area contributed by atoms with Crippen molar-refractivity contribution in [3.05, 3.63) is 63.9 Å². The van der Waals surface area contributed by atoms with E-state index < -0.39 is 17.0 Å². The minimum atomic E-state index is -0.780. The van der Waals surface area contributed by atoms with Crippen LogP contribution in [0.4, 0.5) is 5.69 Å². The Balaban J connectivity index is 1.72. The van der Waals surface area contributed by atoms with Crippen LogP contribution in [0.15, 0.2) is 45.2 Å². The predicted molar refractivity (Wildman–Crippen MR) is 83.7 cm³/mol. The first-order valence-electron chi connectivity index (χ1n) is 7.29. The third-order valence-corrected chi connectivity index (χ3v) is 3.34. The molecular weight excluding hydrogens is 330 g/mol. The van der Waals surface area contributed by atoms with Crippen LogP contribution in [0.25, 0.3) is 11.5 Å². The second-order valence-corrected chi connectivity index (χ2v) is 5.21. The number of nitrogens with zero attached hydrogens (tertiary/aromatic N) is 3. The number of esters is 1. The number of non-ortho nitro benzene ring substituents is 1. The van der Waals surface area contributed by atoms with E-state index in [1.807, 2.05) is 0 Å². The van der Waals surface area contributed by atoms with Crippen molar-refractivity contribution >= 4 is 11.7 Å². The average Bonchev–Trinajstić information content (AvgIpc) is 3.24. The summed E-state index contributed by atoms with van der Waals surface area (Å²) in [4.78, 5) is 22.1. The Labute approximate surface area is 141 Å². The molecule has 9 nitrogen and oxygen atoms in total. The number of carbonyl (C=O) groups excluding carboxylic acids is 1. The van der Waals surface area contributed by atoms with E-state index >= 15 is 0 Å². The van der Waals surface area contributed by atoms with E-state index in [9.17, 15) is 14.9 Å². The molecule has 3 rings (SSSR count). The normalized spacial score (nSPS) is 11.9. The van der Waals surface area contributed by atoms with Gasteiger partial charge in [0.15, 0.2) is 6.10 Å². The Hall–Kier alpha value is -3.49. The van der Waals surface area contributed by atoms with Crippen molar-refractivity contribution in [2.24, 2.45) is 0 Å². The van der Waals surface area contributed by atoms with E-state index in [0.29, 0.717) is 11.3 Å². The topological polar surface area (TPSA) is 122 Å².